The van der Waals surface area contributed by atoms with E-state index >= 15 is 0 Å². The van der Waals surface area contributed by atoms with Gasteiger partial charge in [-0.2, -0.15) is 5.43 Å². The Morgan fingerprint density at radius 2 is 1.76 bits per heavy atom. The largest absolute Gasteiger partial charge is 0.336 e. The lowest BCUT2D eigenvalue weighted by Crippen LogP contribution is -2.68. The maximum atomic E-state index is 12.6. The molecule has 1 atom stereocenters. The molecule has 4 rings (SSSR count). The van der Waals surface area contributed by atoms with E-state index < -0.39 is 18.1 Å². The van der Waals surface area contributed by atoms with Crippen molar-refractivity contribution in [2.45, 2.75) is 20.1 Å². The zero-order chi connectivity index (χ0) is 20.5. The smallest absolute Gasteiger partial charge is 0.326 e. The van der Waals surface area contributed by atoms with Crippen molar-refractivity contribution in [3.8, 4) is 0 Å². The lowest BCUT2D eigenvalue weighted by atomic mass is 10.1. The number of rotatable bonds is 4. The minimum absolute atomic E-state index is 0.259. The van der Waals surface area contributed by atoms with E-state index in [1.165, 1.54) is 4.90 Å². The Hall–Kier alpha value is -3.39. The zero-order valence-corrected chi connectivity index (χ0v) is 16.4. The van der Waals surface area contributed by atoms with Crippen LogP contribution in [0.3, 0.4) is 0 Å². The second-order valence-electron chi connectivity index (χ2n) is 7.29. The second-order valence-corrected chi connectivity index (χ2v) is 7.29. The van der Waals surface area contributed by atoms with Crippen molar-refractivity contribution < 1.29 is 14.4 Å². The maximum absolute atomic E-state index is 12.6. The first-order valence-electron chi connectivity index (χ1n) is 9.51. The van der Waals surface area contributed by atoms with Crippen molar-refractivity contribution in [3.05, 3.63) is 59.7 Å². The van der Waals surface area contributed by atoms with Gasteiger partial charge in [0, 0.05) is 24.5 Å². The first-order chi connectivity index (χ1) is 13.9. The third-order valence-electron chi connectivity index (χ3n) is 5.19. The van der Waals surface area contributed by atoms with Crippen LogP contribution in [0, 0.1) is 13.8 Å². The van der Waals surface area contributed by atoms with E-state index in [1.54, 1.807) is 0 Å². The SMILES string of the molecule is Cc1ccc(C)c(NC(=O)CN2NC3N(CCN3c3ccccc3)C(=O)C2=O)c1. The Balaban J connectivity index is 1.49. The zero-order valence-electron chi connectivity index (χ0n) is 16.4. The number of amides is 3. The van der Waals surface area contributed by atoms with Crippen molar-refractivity contribution in [1.82, 2.24) is 15.3 Å². The van der Waals surface area contributed by atoms with Gasteiger partial charge < -0.3 is 10.2 Å². The molecule has 29 heavy (non-hydrogen) atoms. The number of hydrazine groups is 1. The molecule has 0 bridgehead atoms. The second kappa shape index (κ2) is 7.56. The predicted molar refractivity (Wildman–Crippen MR) is 109 cm³/mol. The number of para-hydroxylation sites is 1. The monoisotopic (exact) mass is 393 g/mol. The summed E-state index contributed by atoms with van der Waals surface area (Å²) in [6, 6.07) is 15.4. The number of carbonyl (C=O) groups excluding carboxylic acids is 3. The standard InChI is InChI=1S/C21H23N5O3/c1-14-8-9-15(2)17(12-14)22-18(27)13-26-20(29)19(28)25-11-10-24(21(25)23-26)16-6-4-3-5-7-16/h3-9,12,21,23H,10-11,13H2,1-2H3,(H,22,27). The van der Waals surface area contributed by atoms with E-state index in [2.05, 4.69) is 10.7 Å². The van der Waals surface area contributed by atoms with Gasteiger partial charge >= 0.3 is 11.8 Å². The van der Waals surface area contributed by atoms with E-state index in [9.17, 15) is 14.4 Å². The van der Waals surface area contributed by atoms with Crippen LogP contribution in [0.2, 0.25) is 0 Å². The summed E-state index contributed by atoms with van der Waals surface area (Å²) in [5, 5.41) is 3.93. The molecule has 2 aliphatic heterocycles. The van der Waals surface area contributed by atoms with Gasteiger partial charge in [-0.3, -0.25) is 24.3 Å². The summed E-state index contributed by atoms with van der Waals surface area (Å²) in [6.45, 7) is 4.63. The van der Waals surface area contributed by atoms with Gasteiger partial charge in [0.05, 0.1) is 0 Å². The van der Waals surface area contributed by atoms with E-state index in [-0.39, 0.29) is 12.5 Å². The number of nitrogens with zero attached hydrogens (tertiary/aromatic N) is 3. The lowest BCUT2D eigenvalue weighted by molar-refractivity contribution is -0.163. The Morgan fingerprint density at radius 1 is 1.03 bits per heavy atom. The Morgan fingerprint density at radius 3 is 2.52 bits per heavy atom. The first-order valence-corrected chi connectivity index (χ1v) is 9.51. The fourth-order valence-electron chi connectivity index (χ4n) is 3.63. The summed E-state index contributed by atoms with van der Waals surface area (Å²) >= 11 is 0. The normalized spacial score (nSPS) is 18.8. The number of nitrogens with one attached hydrogen (secondary N) is 2. The molecule has 150 valence electrons. The molecule has 8 nitrogen and oxygen atoms in total. The molecule has 0 saturated carbocycles. The van der Waals surface area contributed by atoms with Gasteiger partial charge in [0.1, 0.15) is 6.54 Å². The fourth-order valence-corrected chi connectivity index (χ4v) is 3.63. The summed E-state index contributed by atoms with van der Waals surface area (Å²) in [5.41, 5.74) is 6.62. The highest BCUT2D eigenvalue weighted by atomic mass is 16.2. The number of anilines is 2. The summed E-state index contributed by atoms with van der Waals surface area (Å²) < 4.78 is 0. The Kier molecular flexibility index (Phi) is 4.94. The van der Waals surface area contributed by atoms with Gasteiger partial charge in [-0.1, -0.05) is 30.3 Å². The number of carbonyl (C=O) groups is 3. The van der Waals surface area contributed by atoms with Gasteiger partial charge in [0.15, 0.2) is 6.29 Å². The predicted octanol–water partition coefficient (Wildman–Crippen LogP) is 1.22. The van der Waals surface area contributed by atoms with E-state index in [0.29, 0.717) is 18.8 Å². The van der Waals surface area contributed by atoms with Crippen LogP contribution in [0.4, 0.5) is 11.4 Å². The molecule has 0 radical (unpaired) electrons. The molecule has 1 unspecified atom stereocenters. The van der Waals surface area contributed by atoms with Gasteiger partial charge in [0.2, 0.25) is 5.91 Å². The average Bonchev–Trinajstić information content (AvgIpc) is 3.13. The van der Waals surface area contributed by atoms with Crippen LogP contribution in [0.25, 0.3) is 0 Å². The number of aryl methyl sites for hydroxylation is 2. The molecule has 8 heteroatoms. The van der Waals surface area contributed by atoms with Crippen LogP contribution in [0.1, 0.15) is 11.1 Å². The molecule has 0 spiro atoms. The van der Waals surface area contributed by atoms with Crippen LogP contribution in [-0.2, 0) is 14.4 Å². The highest BCUT2D eigenvalue weighted by Gasteiger charge is 2.45. The third-order valence-corrected chi connectivity index (χ3v) is 5.19. The maximum Gasteiger partial charge on any atom is 0.326 e. The van der Waals surface area contributed by atoms with Crippen molar-refractivity contribution in [2.75, 3.05) is 29.9 Å². The van der Waals surface area contributed by atoms with E-state index in [4.69, 9.17) is 0 Å². The van der Waals surface area contributed by atoms with Crippen molar-refractivity contribution >= 4 is 29.1 Å². The van der Waals surface area contributed by atoms with Crippen molar-refractivity contribution in [3.63, 3.8) is 0 Å². The number of hydrogen-bond acceptors (Lipinski definition) is 5. The number of fused-ring (bicyclic) bond motifs is 1. The Bertz CT molecular complexity index is 962. The van der Waals surface area contributed by atoms with Crippen LogP contribution < -0.4 is 15.6 Å². The van der Waals surface area contributed by atoms with Gasteiger partial charge in [0.25, 0.3) is 0 Å². The highest BCUT2D eigenvalue weighted by Crippen LogP contribution is 2.25. The molecule has 3 amide bonds. The summed E-state index contributed by atoms with van der Waals surface area (Å²) in [4.78, 5) is 41.1. The molecule has 2 saturated heterocycles. The summed E-state index contributed by atoms with van der Waals surface area (Å²) in [5.74, 6) is -1.70. The molecule has 2 aromatic carbocycles. The average molecular weight is 393 g/mol. The third kappa shape index (κ3) is 3.66. The van der Waals surface area contributed by atoms with Crippen molar-refractivity contribution in [2.24, 2.45) is 0 Å². The number of benzene rings is 2. The van der Waals surface area contributed by atoms with Gasteiger partial charge in [-0.15, -0.1) is 0 Å². The molecule has 0 aromatic heterocycles. The van der Waals surface area contributed by atoms with Gasteiger partial charge in [-0.05, 0) is 43.2 Å². The molecule has 2 heterocycles. The van der Waals surface area contributed by atoms with E-state index in [1.807, 2.05) is 67.3 Å². The molecule has 2 aliphatic rings. The summed E-state index contributed by atoms with van der Waals surface area (Å²) in [6.07, 6.45) is -0.504. The first kappa shape index (κ1) is 18.9. The molecular weight excluding hydrogens is 370 g/mol. The van der Waals surface area contributed by atoms with Crippen LogP contribution in [0.5, 0.6) is 0 Å². The topological polar surface area (TPSA) is 85.0 Å². The van der Waals surface area contributed by atoms with Crippen LogP contribution in [0.15, 0.2) is 48.5 Å². The minimum Gasteiger partial charge on any atom is -0.336 e. The molecular formula is C21H23N5O3. The van der Waals surface area contributed by atoms with Crippen molar-refractivity contribution in [1.29, 1.82) is 0 Å². The van der Waals surface area contributed by atoms with E-state index in [0.717, 1.165) is 21.8 Å². The quantitative estimate of drug-likeness (QED) is 0.763. The molecule has 2 N–H and O–H groups in total. The van der Waals surface area contributed by atoms with Crippen LogP contribution in [-0.4, -0.2) is 53.6 Å². The molecule has 0 aliphatic carbocycles. The van der Waals surface area contributed by atoms with Crippen LogP contribution >= 0.6 is 0 Å². The Labute approximate surface area is 169 Å². The highest BCUT2D eigenvalue weighted by molar-refractivity contribution is 6.35. The number of hydrogen-bond donors (Lipinski definition) is 2. The molecule has 2 aromatic rings. The fraction of sp³-hybridized carbons (Fsp3) is 0.286. The lowest BCUT2D eigenvalue weighted by Gasteiger charge is -2.40. The molecule has 2 fully saturated rings. The minimum atomic E-state index is -0.729. The summed E-state index contributed by atoms with van der Waals surface area (Å²) in [7, 11) is 0. The van der Waals surface area contributed by atoms with Gasteiger partial charge in [-0.25, -0.2) is 0 Å².